The van der Waals surface area contributed by atoms with Gasteiger partial charge in [0.2, 0.25) is 0 Å². The third-order valence-electron chi connectivity index (χ3n) is 4.60. The van der Waals surface area contributed by atoms with Crippen molar-refractivity contribution >= 4 is 28.7 Å². The van der Waals surface area contributed by atoms with E-state index in [2.05, 4.69) is 36.1 Å². The lowest BCUT2D eigenvalue weighted by Gasteiger charge is -2.19. The Hall–Kier alpha value is -3.48. The molecule has 0 amide bonds. The lowest BCUT2D eigenvalue weighted by Crippen LogP contribution is -2.32. The van der Waals surface area contributed by atoms with Gasteiger partial charge in [-0.05, 0) is 23.1 Å². The zero-order valence-electron chi connectivity index (χ0n) is 16.5. The number of nitrogens with zero attached hydrogens (tertiary/aromatic N) is 2. The minimum Gasteiger partial charge on any atom is -0.481 e. The van der Waals surface area contributed by atoms with Gasteiger partial charge in [0.15, 0.2) is 5.82 Å². The molecule has 0 aliphatic rings. The summed E-state index contributed by atoms with van der Waals surface area (Å²) in [6, 6.07) is 13.8. The minimum atomic E-state index is -1.30. The van der Waals surface area contributed by atoms with Gasteiger partial charge in [0.05, 0.1) is 11.9 Å². The first kappa shape index (κ1) is 20.3. The van der Waals surface area contributed by atoms with Crippen molar-refractivity contribution < 1.29 is 19.8 Å². The molecule has 0 aliphatic carbocycles. The van der Waals surface area contributed by atoms with Gasteiger partial charge in [-0.25, -0.2) is 14.8 Å². The van der Waals surface area contributed by atoms with Crippen molar-refractivity contribution in [1.82, 2.24) is 9.97 Å². The fraction of sp³-hybridized carbons (Fsp3) is 0.273. The van der Waals surface area contributed by atoms with Gasteiger partial charge in [-0.15, -0.1) is 0 Å². The molecule has 0 fully saturated rings. The molecule has 0 unspecified atom stereocenters. The summed E-state index contributed by atoms with van der Waals surface area (Å²) in [5.41, 5.74) is 2.62. The van der Waals surface area contributed by atoms with Crippen molar-refractivity contribution in [3.63, 3.8) is 0 Å². The van der Waals surface area contributed by atoms with E-state index in [0.717, 1.165) is 5.56 Å². The zero-order chi connectivity index (χ0) is 21.2. The van der Waals surface area contributed by atoms with Crippen LogP contribution in [0.15, 0.2) is 48.5 Å². The monoisotopic (exact) mass is 393 g/mol. The first-order valence-corrected chi connectivity index (χ1v) is 9.24. The van der Waals surface area contributed by atoms with Gasteiger partial charge in [0.1, 0.15) is 11.9 Å². The van der Waals surface area contributed by atoms with E-state index < -0.39 is 24.4 Å². The van der Waals surface area contributed by atoms with Crippen LogP contribution in [0.5, 0.6) is 0 Å². The molecule has 1 heterocycles. The van der Waals surface area contributed by atoms with Crippen LogP contribution in [0.4, 0.5) is 5.82 Å². The van der Waals surface area contributed by atoms with E-state index in [-0.39, 0.29) is 5.41 Å². The number of fused-ring (bicyclic) bond motifs is 1. The Balaban J connectivity index is 2.06. The number of carbonyl (C=O) groups is 2. The Morgan fingerprint density at radius 1 is 1.00 bits per heavy atom. The van der Waals surface area contributed by atoms with Crippen molar-refractivity contribution in [2.75, 3.05) is 5.32 Å². The topological polar surface area (TPSA) is 112 Å². The number of nitrogens with one attached hydrogen (secondary N) is 1. The van der Waals surface area contributed by atoms with Crippen LogP contribution in [0.2, 0.25) is 0 Å². The third kappa shape index (κ3) is 4.68. The fourth-order valence-corrected chi connectivity index (χ4v) is 2.97. The quantitative estimate of drug-likeness (QED) is 0.581. The Bertz CT molecular complexity index is 1060. The highest BCUT2D eigenvalue weighted by Crippen LogP contribution is 2.28. The molecule has 3 rings (SSSR count). The molecular formula is C22H23N3O4. The molecule has 2 aromatic carbocycles. The highest BCUT2D eigenvalue weighted by atomic mass is 16.4. The smallest absolute Gasteiger partial charge is 0.326 e. The van der Waals surface area contributed by atoms with Crippen molar-refractivity contribution in [2.24, 2.45) is 0 Å². The summed E-state index contributed by atoms with van der Waals surface area (Å²) in [6.07, 6.45) is -0.566. The Morgan fingerprint density at radius 3 is 2.24 bits per heavy atom. The first-order valence-electron chi connectivity index (χ1n) is 9.24. The van der Waals surface area contributed by atoms with Crippen LogP contribution in [0.3, 0.4) is 0 Å². The number of carboxylic acids is 2. The summed E-state index contributed by atoms with van der Waals surface area (Å²) in [6.45, 7) is 6.39. The number of aliphatic carboxylic acids is 2. The molecule has 0 saturated heterocycles. The fourth-order valence-electron chi connectivity index (χ4n) is 2.97. The standard InChI is InChI=1S/C22H23N3O4/c1-22(2,3)14-10-8-13(9-11-14)19-23-16-7-5-4-6-15(16)20(25-19)24-17(21(28)29)12-18(26)27/h4-11,17H,12H2,1-3H3,(H,26,27)(H,28,29)(H,23,24,25)/t17-/m0/s1. The number of benzene rings is 2. The highest BCUT2D eigenvalue weighted by Gasteiger charge is 2.23. The third-order valence-corrected chi connectivity index (χ3v) is 4.60. The van der Waals surface area contributed by atoms with E-state index in [4.69, 9.17) is 5.11 Å². The normalized spacial score (nSPS) is 12.5. The molecule has 0 aliphatic heterocycles. The van der Waals surface area contributed by atoms with Gasteiger partial charge >= 0.3 is 11.9 Å². The maximum absolute atomic E-state index is 11.5. The van der Waals surface area contributed by atoms with Crippen LogP contribution < -0.4 is 5.32 Å². The van der Waals surface area contributed by atoms with Gasteiger partial charge < -0.3 is 15.5 Å². The summed E-state index contributed by atoms with van der Waals surface area (Å²) in [4.78, 5) is 31.6. The second-order valence-electron chi connectivity index (χ2n) is 7.87. The maximum atomic E-state index is 11.5. The molecule has 0 radical (unpaired) electrons. The number of anilines is 1. The molecule has 3 aromatic rings. The number of hydrogen-bond acceptors (Lipinski definition) is 5. The molecule has 7 nitrogen and oxygen atoms in total. The van der Waals surface area contributed by atoms with Gasteiger partial charge in [-0.3, -0.25) is 4.79 Å². The van der Waals surface area contributed by atoms with Crippen LogP contribution in [0.1, 0.15) is 32.8 Å². The van der Waals surface area contributed by atoms with Gasteiger partial charge in [-0.1, -0.05) is 57.2 Å². The van der Waals surface area contributed by atoms with Gasteiger partial charge in [0.25, 0.3) is 0 Å². The van der Waals surface area contributed by atoms with Crippen molar-refractivity contribution in [2.45, 2.75) is 38.6 Å². The lowest BCUT2D eigenvalue weighted by molar-refractivity contribution is -0.144. The van der Waals surface area contributed by atoms with Crippen LogP contribution in [-0.4, -0.2) is 38.2 Å². The van der Waals surface area contributed by atoms with Crippen LogP contribution >= 0.6 is 0 Å². The van der Waals surface area contributed by atoms with E-state index in [0.29, 0.717) is 22.5 Å². The summed E-state index contributed by atoms with van der Waals surface area (Å²) in [5, 5.41) is 21.8. The van der Waals surface area contributed by atoms with Gasteiger partial charge in [0, 0.05) is 10.9 Å². The van der Waals surface area contributed by atoms with Gasteiger partial charge in [-0.2, -0.15) is 0 Å². The molecular weight excluding hydrogens is 370 g/mol. The molecule has 0 bridgehead atoms. The molecule has 150 valence electrons. The molecule has 3 N–H and O–H groups in total. The first-order chi connectivity index (χ1) is 13.6. The zero-order valence-corrected chi connectivity index (χ0v) is 16.5. The van der Waals surface area contributed by atoms with E-state index in [1.165, 1.54) is 5.56 Å². The number of para-hydroxylation sites is 1. The van der Waals surface area contributed by atoms with Crippen molar-refractivity contribution in [1.29, 1.82) is 0 Å². The summed E-state index contributed by atoms with van der Waals surface area (Å²) in [5.74, 6) is -1.74. The number of carboxylic acid groups (broad SMARTS) is 2. The number of rotatable bonds is 6. The minimum absolute atomic E-state index is 0.0149. The van der Waals surface area contributed by atoms with E-state index in [9.17, 15) is 14.7 Å². The molecule has 29 heavy (non-hydrogen) atoms. The Labute approximate surface area is 168 Å². The SMILES string of the molecule is CC(C)(C)c1ccc(-c2nc(N[C@@H](CC(=O)O)C(=O)O)c3ccccc3n2)cc1. The second kappa shape index (κ2) is 7.87. The Morgan fingerprint density at radius 2 is 1.66 bits per heavy atom. The maximum Gasteiger partial charge on any atom is 0.326 e. The van der Waals surface area contributed by atoms with Crippen molar-refractivity contribution in [3.05, 3.63) is 54.1 Å². The Kier molecular flexibility index (Phi) is 5.50. The average Bonchev–Trinajstić information content (AvgIpc) is 2.66. The number of aromatic nitrogens is 2. The number of hydrogen-bond donors (Lipinski definition) is 3. The van der Waals surface area contributed by atoms with Crippen molar-refractivity contribution in [3.8, 4) is 11.4 Å². The molecule has 1 aromatic heterocycles. The molecule has 7 heteroatoms. The largest absolute Gasteiger partial charge is 0.481 e. The summed E-state index contributed by atoms with van der Waals surface area (Å²) < 4.78 is 0. The van der Waals surface area contributed by atoms with E-state index >= 15 is 0 Å². The van der Waals surface area contributed by atoms with E-state index in [1.54, 1.807) is 12.1 Å². The predicted molar refractivity (Wildman–Crippen MR) is 111 cm³/mol. The molecule has 0 spiro atoms. The summed E-state index contributed by atoms with van der Waals surface area (Å²) in [7, 11) is 0. The molecule has 0 saturated carbocycles. The van der Waals surface area contributed by atoms with Crippen LogP contribution in [0.25, 0.3) is 22.3 Å². The van der Waals surface area contributed by atoms with Crippen LogP contribution in [0, 0.1) is 0 Å². The molecule has 1 atom stereocenters. The lowest BCUT2D eigenvalue weighted by atomic mass is 9.87. The van der Waals surface area contributed by atoms with Crippen LogP contribution in [-0.2, 0) is 15.0 Å². The van der Waals surface area contributed by atoms with E-state index in [1.807, 2.05) is 36.4 Å². The average molecular weight is 393 g/mol. The summed E-state index contributed by atoms with van der Waals surface area (Å²) >= 11 is 0. The predicted octanol–water partition coefficient (Wildman–Crippen LogP) is 3.93. The second-order valence-corrected chi connectivity index (χ2v) is 7.87. The highest BCUT2D eigenvalue weighted by molar-refractivity contribution is 5.93.